The molecule has 2 aromatic carbocycles. The van der Waals surface area contributed by atoms with E-state index < -0.39 is 38.3 Å². The fourth-order valence-corrected chi connectivity index (χ4v) is 5.29. The second kappa shape index (κ2) is 6.69. The zero-order valence-corrected chi connectivity index (χ0v) is 16.1. The molecule has 0 saturated heterocycles. The molecule has 3 aromatic rings. The highest BCUT2D eigenvalue weighted by atomic mass is 32.2. The number of aliphatic carboxylic acids is 1. The van der Waals surface area contributed by atoms with E-state index in [1.54, 1.807) is 0 Å². The Bertz CT molecular complexity index is 1330. The maximum absolute atomic E-state index is 13.7. The molecular formula is C17H15FN2O6S2. The molecule has 0 bridgehead atoms. The number of carboxylic acid groups (broad SMARTS) is 1. The highest BCUT2D eigenvalue weighted by Crippen LogP contribution is 2.31. The van der Waals surface area contributed by atoms with Crippen molar-refractivity contribution in [1.82, 2.24) is 3.97 Å². The number of fused-ring (bicyclic) bond motifs is 1. The van der Waals surface area contributed by atoms with E-state index in [9.17, 15) is 26.0 Å². The maximum atomic E-state index is 13.7. The molecule has 0 spiro atoms. The fourth-order valence-electron chi connectivity index (χ4n) is 3.03. The van der Waals surface area contributed by atoms with Crippen LogP contribution in [0.4, 0.5) is 4.39 Å². The first kappa shape index (κ1) is 20.0. The van der Waals surface area contributed by atoms with Crippen molar-refractivity contribution in [1.29, 1.82) is 0 Å². The lowest BCUT2D eigenvalue weighted by Crippen LogP contribution is -2.17. The van der Waals surface area contributed by atoms with Crippen molar-refractivity contribution in [2.75, 3.05) is 0 Å². The first-order chi connectivity index (χ1) is 12.9. The summed E-state index contributed by atoms with van der Waals surface area (Å²) in [7, 11) is -8.46. The summed E-state index contributed by atoms with van der Waals surface area (Å²) in [4.78, 5) is 10.5. The number of carboxylic acids is 1. The summed E-state index contributed by atoms with van der Waals surface area (Å²) >= 11 is 0. The van der Waals surface area contributed by atoms with Gasteiger partial charge in [-0.25, -0.2) is 30.3 Å². The maximum Gasteiger partial charge on any atom is 0.307 e. The topological polar surface area (TPSA) is 137 Å². The van der Waals surface area contributed by atoms with Crippen molar-refractivity contribution in [3.8, 4) is 0 Å². The number of carbonyl (C=O) groups is 1. The van der Waals surface area contributed by atoms with Crippen LogP contribution in [0.3, 0.4) is 0 Å². The van der Waals surface area contributed by atoms with Crippen LogP contribution in [-0.2, 0) is 31.3 Å². The van der Waals surface area contributed by atoms with Crippen LogP contribution in [-0.4, -0.2) is 31.9 Å². The van der Waals surface area contributed by atoms with Crippen LogP contribution in [0.5, 0.6) is 0 Å². The molecule has 0 fully saturated rings. The number of aromatic nitrogens is 1. The van der Waals surface area contributed by atoms with Gasteiger partial charge >= 0.3 is 5.97 Å². The first-order valence-corrected chi connectivity index (χ1v) is 10.8. The minimum absolute atomic E-state index is 0.0798. The summed E-state index contributed by atoms with van der Waals surface area (Å²) in [5.74, 6) is -1.86. The lowest BCUT2D eigenvalue weighted by molar-refractivity contribution is -0.136. The van der Waals surface area contributed by atoms with E-state index in [2.05, 4.69) is 0 Å². The number of sulfonamides is 1. The molecule has 0 unspecified atom stereocenters. The van der Waals surface area contributed by atoms with E-state index in [1.165, 1.54) is 25.1 Å². The van der Waals surface area contributed by atoms with E-state index in [0.29, 0.717) is 0 Å². The van der Waals surface area contributed by atoms with Crippen molar-refractivity contribution in [3.63, 3.8) is 0 Å². The predicted molar refractivity (Wildman–Crippen MR) is 98.4 cm³/mol. The Morgan fingerprint density at radius 3 is 2.36 bits per heavy atom. The first-order valence-electron chi connectivity index (χ1n) is 7.82. The molecule has 28 heavy (non-hydrogen) atoms. The van der Waals surface area contributed by atoms with Crippen LogP contribution in [0.2, 0.25) is 0 Å². The van der Waals surface area contributed by atoms with Crippen LogP contribution < -0.4 is 5.14 Å². The molecule has 3 rings (SSSR count). The standard InChI is InChI=1S/C17H15FN2O6S2/c1-10-14(9-17(21)22)15-7-11(18)5-6-16(15)20(10)28(25,26)13-4-2-3-12(8-13)27(19,23)24/h2-8H,9H2,1H3,(H,21,22)(H2,19,23,24). The molecule has 0 amide bonds. The number of rotatable bonds is 5. The molecule has 0 saturated carbocycles. The van der Waals surface area contributed by atoms with Gasteiger partial charge in [-0.2, -0.15) is 0 Å². The van der Waals surface area contributed by atoms with E-state index in [-0.39, 0.29) is 32.0 Å². The summed E-state index contributed by atoms with van der Waals surface area (Å²) in [5.41, 5.74) is 0.313. The molecule has 0 atom stereocenters. The number of primary sulfonamides is 1. The van der Waals surface area contributed by atoms with Gasteiger partial charge < -0.3 is 5.11 Å². The normalized spacial score (nSPS) is 12.4. The SMILES string of the molecule is Cc1c(CC(=O)O)c2cc(F)ccc2n1S(=O)(=O)c1cccc(S(N)(=O)=O)c1. The van der Waals surface area contributed by atoms with Crippen molar-refractivity contribution in [2.45, 2.75) is 23.1 Å². The third-order valence-corrected chi connectivity index (χ3v) is 6.96. The number of nitrogens with two attached hydrogens (primary N) is 1. The van der Waals surface area contributed by atoms with Gasteiger partial charge in [-0.3, -0.25) is 4.79 Å². The van der Waals surface area contributed by atoms with Gasteiger partial charge in [0.1, 0.15) is 5.82 Å². The van der Waals surface area contributed by atoms with Gasteiger partial charge in [0, 0.05) is 11.1 Å². The lowest BCUT2D eigenvalue weighted by atomic mass is 10.1. The molecule has 0 aliphatic rings. The zero-order chi connectivity index (χ0) is 20.9. The van der Waals surface area contributed by atoms with Crippen molar-refractivity contribution in [3.05, 3.63) is 59.5 Å². The van der Waals surface area contributed by atoms with Crippen LogP contribution in [0.25, 0.3) is 10.9 Å². The summed E-state index contributed by atoms with van der Waals surface area (Å²) in [6, 6.07) is 7.83. The third kappa shape index (κ3) is 3.39. The van der Waals surface area contributed by atoms with Gasteiger partial charge in [0.05, 0.1) is 21.7 Å². The molecule has 3 N–H and O–H groups in total. The zero-order valence-electron chi connectivity index (χ0n) is 14.5. The molecule has 8 nitrogen and oxygen atoms in total. The largest absolute Gasteiger partial charge is 0.481 e. The van der Waals surface area contributed by atoms with E-state index in [1.807, 2.05) is 0 Å². The highest BCUT2D eigenvalue weighted by Gasteiger charge is 2.27. The van der Waals surface area contributed by atoms with Gasteiger partial charge in [-0.05, 0) is 48.9 Å². The van der Waals surface area contributed by atoms with Crippen LogP contribution in [0.1, 0.15) is 11.3 Å². The Hall–Kier alpha value is -2.76. The summed E-state index contributed by atoms with van der Waals surface area (Å²) in [6.07, 6.45) is -0.508. The Labute approximate surface area is 160 Å². The Morgan fingerprint density at radius 1 is 1.11 bits per heavy atom. The number of nitrogens with zero attached hydrogens (tertiary/aromatic N) is 1. The van der Waals surface area contributed by atoms with Crippen molar-refractivity contribution in [2.24, 2.45) is 5.14 Å². The van der Waals surface area contributed by atoms with Gasteiger partial charge in [-0.15, -0.1) is 0 Å². The number of hydrogen-bond donors (Lipinski definition) is 2. The summed E-state index contributed by atoms with van der Waals surface area (Å²) in [5, 5.41) is 14.4. The molecule has 11 heteroatoms. The second-order valence-corrected chi connectivity index (χ2v) is 9.43. The van der Waals surface area contributed by atoms with Gasteiger partial charge in [-0.1, -0.05) is 6.07 Å². The average molecular weight is 426 g/mol. The number of halogens is 1. The highest BCUT2D eigenvalue weighted by molar-refractivity contribution is 7.90. The van der Waals surface area contributed by atoms with E-state index >= 15 is 0 Å². The Balaban J connectivity index is 2.35. The van der Waals surface area contributed by atoms with Crippen LogP contribution in [0, 0.1) is 12.7 Å². The number of hydrogen-bond acceptors (Lipinski definition) is 5. The van der Waals surface area contributed by atoms with Crippen LogP contribution >= 0.6 is 0 Å². The molecule has 0 aliphatic heterocycles. The fraction of sp³-hybridized carbons (Fsp3) is 0.118. The minimum atomic E-state index is -4.33. The molecule has 0 radical (unpaired) electrons. The molecule has 1 heterocycles. The summed E-state index contributed by atoms with van der Waals surface area (Å²) < 4.78 is 64.1. The average Bonchev–Trinajstić information content (AvgIpc) is 2.86. The number of benzene rings is 2. The Kier molecular flexibility index (Phi) is 4.77. The molecule has 1 aromatic heterocycles. The van der Waals surface area contributed by atoms with E-state index in [0.717, 1.165) is 28.2 Å². The molecule has 148 valence electrons. The van der Waals surface area contributed by atoms with Crippen molar-refractivity contribution >= 4 is 36.9 Å². The van der Waals surface area contributed by atoms with Gasteiger partial charge in [0.25, 0.3) is 10.0 Å². The monoisotopic (exact) mass is 426 g/mol. The lowest BCUT2D eigenvalue weighted by Gasteiger charge is -2.11. The third-order valence-electron chi connectivity index (χ3n) is 4.24. The minimum Gasteiger partial charge on any atom is -0.481 e. The Morgan fingerprint density at radius 2 is 1.75 bits per heavy atom. The van der Waals surface area contributed by atoms with E-state index in [4.69, 9.17) is 10.2 Å². The van der Waals surface area contributed by atoms with Crippen LogP contribution in [0.15, 0.2) is 52.3 Å². The smallest absolute Gasteiger partial charge is 0.307 e. The van der Waals surface area contributed by atoms with Gasteiger partial charge in [0.15, 0.2) is 0 Å². The predicted octanol–water partition coefficient (Wildman–Crippen LogP) is 1.60. The van der Waals surface area contributed by atoms with Crippen molar-refractivity contribution < 1.29 is 31.1 Å². The molecule has 0 aliphatic carbocycles. The summed E-state index contributed by atoms with van der Waals surface area (Å²) in [6.45, 7) is 1.40. The van der Waals surface area contributed by atoms with Gasteiger partial charge in [0.2, 0.25) is 10.0 Å². The molecular weight excluding hydrogens is 411 g/mol. The quantitative estimate of drug-likeness (QED) is 0.636. The second-order valence-electron chi connectivity index (χ2n) is 6.09.